The highest BCUT2D eigenvalue weighted by Crippen LogP contribution is 2.25. The summed E-state index contributed by atoms with van der Waals surface area (Å²) in [4.78, 5) is 24.0. The van der Waals surface area contributed by atoms with Crippen molar-refractivity contribution in [1.29, 1.82) is 0 Å². The SMILES string of the molecule is C=CCOc1cc([C@@H](C)CS(=O)(=O)CCCCCN2CC(=O)NC2=O)ccc1F. The number of ether oxygens (including phenoxy) is 1. The quantitative estimate of drug-likeness (QED) is 0.315. The number of hydrogen-bond donors (Lipinski definition) is 1. The van der Waals surface area contributed by atoms with Gasteiger partial charge in [-0.25, -0.2) is 17.6 Å². The molecule has 0 saturated carbocycles. The number of halogens is 1. The molecular weight excluding hydrogens is 399 g/mol. The molecule has 1 atom stereocenters. The Kier molecular flexibility index (Phi) is 8.19. The molecule has 1 N–H and O–H groups in total. The Morgan fingerprint density at radius 1 is 1.31 bits per heavy atom. The van der Waals surface area contributed by atoms with E-state index in [-0.39, 0.29) is 42.2 Å². The van der Waals surface area contributed by atoms with Crippen molar-refractivity contribution in [2.24, 2.45) is 0 Å². The van der Waals surface area contributed by atoms with Gasteiger partial charge in [0.2, 0.25) is 5.91 Å². The van der Waals surface area contributed by atoms with Crippen molar-refractivity contribution in [2.45, 2.75) is 32.1 Å². The largest absolute Gasteiger partial charge is 0.486 e. The Labute approximate surface area is 170 Å². The van der Waals surface area contributed by atoms with Crippen molar-refractivity contribution >= 4 is 21.8 Å². The zero-order valence-corrected chi connectivity index (χ0v) is 17.3. The average molecular weight is 427 g/mol. The second-order valence-corrected chi connectivity index (χ2v) is 9.37. The van der Waals surface area contributed by atoms with Gasteiger partial charge in [0, 0.05) is 6.54 Å². The molecule has 0 aliphatic carbocycles. The highest BCUT2D eigenvalue weighted by atomic mass is 32.2. The fourth-order valence-electron chi connectivity index (χ4n) is 3.11. The number of imide groups is 1. The molecule has 0 bridgehead atoms. The molecule has 0 radical (unpaired) electrons. The number of nitrogens with zero attached hydrogens (tertiary/aromatic N) is 1. The van der Waals surface area contributed by atoms with Gasteiger partial charge in [-0.3, -0.25) is 10.1 Å². The minimum atomic E-state index is -3.29. The third-order valence-electron chi connectivity index (χ3n) is 4.64. The van der Waals surface area contributed by atoms with Crippen molar-refractivity contribution < 1.29 is 27.1 Å². The molecule has 9 heteroatoms. The number of urea groups is 1. The van der Waals surface area contributed by atoms with E-state index in [1.165, 1.54) is 23.1 Å². The van der Waals surface area contributed by atoms with Gasteiger partial charge in [0.05, 0.1) is 11.5 Å². The number of amides is 3. The number of unbranched alkanes of at least 4 members (excludes halogenated alkanes) is 2. The topological polar surface area (TPSA) is 92.8 Å². The van der Waals surface area contributed by atoms with Gasteiger partial charge < -0.3 is 9.64 Å². The zero-order chi connectivity index (χ0) is 21.4. The van der Waals surface area contributed by atoms with E-state index in [1.54, 1.807) is 13.0 Å². The summed E-state index contributed by atoms with van der Waals surface area (Å²) in [5.74, 6) is -1.03. The van der Waals surface area contributed by atoms with Gasteiger partial charge in [0.1, 0.15) is 13.2 Å². The predicted molar refractivity (Wildman–Crippen MR) is 108 cm³/mol. The van der Waals surface area contributed by atoms with Crippen LogP contribution in [0.2, 0.25) is 0 Å². The number of carbonyl (C=O) groups excluding carboxylic acids is 2. The van der Waals surface area contributed by atoms with Gasteiger partial charge in [0.25, 0.3) is 0 Å². The van der Waals surface area contributed by atoms with Crippen LogP contribution in [0.3, 0.4) is 0 Å². The molecule has 1 aliphatic rings. The monoisotopic (exact) mass is 426 g/mol. The van der Waals surface area contributed by atoms with Crippen LogP contribution in [0.4, 0.5) is 9.18 Å². The molecule has 0 spiro atoms. The first-order chi connectivity index (χ1) is 13.7. The van der Waals surface area contributed by atoms with E-state index in [1.807, 2.05) is 0 Å². The molecule has 0 aromatic heterocycles. The Hall–Kier alpha value is -2.42. The van der Waals surface area contributed by atoms with Crippen LogP contribution >= 0.6 is 0 Å². The Morgan fingerprint density at radius 3 is 2.72 bits per heavy atom. The molecule has 3 amide bonds. The van der Waals surface area contributed by atoms with Gasteiger partial charge in [-0.2, -0.15) is 0 Å². The number of benzene rings is 1. The molecule has 7 nitrogen and oxygen atoms in total. The van der Waals surface area contributed by atoms with Gasteiger partial charge >= 0.3 is 6.03 Å². The highest BCUT2D eigenvalue weighted by Gasteiger charge is 2.25. The molecule has 0 unspecified atom stereocenters. The van der Waals surface area contributed by atoms with Crippen LogP contribution in [0.5, 0.6) is 5.75 Å². The first-order valence-corrected chi connectivity index (χ1v) is 11.4. The average Bonchev–Trinajstić information content (AvgIpc) is 2.97. The van der Waals surface area contributed by atoms with Crippen LogP contribution in [-0.2, 0) is 14.6 Å². The van der Waals surface area contributed by atoms with Crippen molar-refractivity contribution in [1.82, 2.24) is 10.2 Å². The zero-order valence-electron chi connectivity index (χ0n) is 16.5. The Balaban J connectivity index is 1.78. The van der Waals surface area contributed by atoms with Crippen molar-refractivity contribution in [3.8, 4) is 5.75 Å². The first-order valence-electron chi connectivity index (χ1n) is 9.54. The predicted octanol–water partition coefficient (Wildman–Crippen LogP) is 2.63. The van der Waals surface area contributed by atoms with E-state index in [4.69, 9.17) is 4.74 Å². The smallest absolute Gasteiger partial charge is 0.324 e. The van der Waals surface area contributed by atoms with Gasteiger partial charge in [-0.15, -0.1) is 0 Å². The standard InChI is InChI=1S/C20H27FN2O5S/c1-3-10-28-18-12-16(7-8-17(18)21)15(2)14-29(26,27)11-6-4-5-9-23-13-19(24)22-20(23)25/h3,7-8,12,15H,1,4-6,9-11,13-14H2,2H3,(H,22,24,25)/t15-/m0/s1. The number of sulfone groups is 1. The van der Waals surface area contributed by atoms with E-state index in [2.05, 4.69) is 11.9 Å². The summed E-state index contributed by atoms with van der Waals surface area (Å²) in [6.07, 6.45) is 3.26. The number of nitrogens with one attached hydrogen (secondary N) is 1. The third kappa shape index (κ3) is 7.16. The maximum Gasteiger partial charge on any atom is 0.324 e. The molecule has 1 aromatic rings. The molecule has 1 aliphatic heterocycles. The fraction of sp³-hybridized carbons (Fsp3) is 0.500. The number of carbonyl (C=O) groups is 2. The van der Waals surface area contributed by atoms with Crippen LogP contribution in [0.25, 0.3) is 0 Å². The van der Waals surface area contributed by atoms with Crippen molar-refractivity contribution in [3.05, 3.63) is 42.2 Å². The minimum absolute atomic E-state index is 0.0391. The van der Waals surface area contributed by atoms with E-state index >= 15 is 0 Å². The molecule has 1 aromatic carbocycles. The summed E-state index contributed by atoms with van der Waals surface area (Å²) in [5, 5.41) is 2.20. The summed E-state index contributed by atoms with van der Waals surface area (Å²) in [6.45, 7) is 5.96. The van der Waals surface area contributed by atoms with E-state index < -0.39 is 21.7 Å². The fourth-order valence-corrected chi connectivity index (χ4v) is 4.88. The van der Waals surface area contributed by atoms with Crippen LogP contribution in [0.1, 0.15) is 37.7 Å². The molecule has 29 heavy (non-hydrogen) atoms. The van der Waals surface area contributed by atoms with E-state index in [0.29, 0.717) is 31.4 Å². The lowest BCUT2D eigenvalue weighted by Gasteiger charge is -2.15. The summed E-state index contributed by atoms with van der Waals surface area (Å²) >= 11 is 0. The molecule has 1 heterocycles. The van der Waals surface area contributed by atoms with Crippen molar-refractivity contribution in [2.75, 3.05) is 31.2 Å². The molecular formula is C20H27FN2O5S. The molecule has 160 valence electrons. The van der Waals surface area contributed by atoms with Gasteiger partial charge in [-0.1, -0.05) is 32.1 Å². The van der Waals surface area contributed by atoms with Crippen LogP contribution < -0.4 is 10.1 Å². The van der Waals surface area contributed by atoms with Crippen LogP contribution in [0, 0.1) is 5.82 Å². The summed E-state index contributed by atoms with van der Waals surface area (Å²) in [6, 6.07) is 3.98. The number of rotatable bonds is 12. The summed E-state index contributed by atoms with van der Waals surface area (Å²) in [7, 11) is -3.29. The minimum Gasteiger partial charge on any atom is -0.486 e. The highest BCUT2D eigenvalue weighted by molar-refractivity contribution is 7.91. The second kappa shape index (κ2) is 10.4. The second-order valence-electron chi connectivity index (χ2n) is 7.14. The van der Waals surface area contributed by atoms with E-state index in [0.717, 1.165) is 0 Å². The van der Waals surface area contributed by atoms with Crippen LogP contribution in [-0.4, -0.2) is 56.5 Å². The molecule has 1 fully saturated rings. The molecule has 2 rings (SSSR count). The maximum absolute atomic E-state index is 13.8. The lowest BCUT2D eigenvalue weighted by atomic mass is 10.0. The third-order valence-corrected chi connectivity index (χ3v) is 6.55. The normalized spacial score (nSPS) is 15.3. The maximum atomic E-state index is 13.8. The van der Waals surface area contributed by atoms with Crippen LogP contribution in [0.15, 0.2) is 30.9 Å². The number of hydrogen-bond acceptors (Lipinski definition) is 5. The Morgan fingerprint density at radius 2 is 2.07 bits per heavy atom. The van der Waals surface area contributed by atoms with Gasteiger partial charge in [0.15, 0.2) is 21.4 Å². The summed E-state index contributed by atoms with van der Waals surface area (Å²) < 4.78 is 43.9. The first kappa shape index (κ1) is 22.9. The summed E-state index contributed by atoms with van der Waals surface area (Å²) in [5.41, 5.74) is 0.693. The Bertz CT molecular complexity index is 856. The molecule has 1 saturated heterocycles. The lowest BCUT2D eigenvalue weighted by Crippen LogP contribution is -2.29. The van der Waals surface area contributed by atoms with Gasteiger partial charge in [-0.05, 0) is 36.5 Å². The van der Waals surface area contributed by atoms with Crippen molar-refractivity contribution in [3.63, 3.8) is 0 Å². The lowest BCUT2D eigenvalue weighted by molar-refractivity contribution is -0.118. The van der Waals surface area contributed by atoms with E-state index in [9.17, 15) is 22.4 Å².